The normalized spacial score (nSPS) is 14.3. The van der Waals surface area contributed by atoms with Crippen molar-refractivity contribution in [3.8, 4) is 0 Å². The van der Waals surface area contributed by atoms with E-state index >= 15 is 0 Å². The molecule has 2 N–H and O–H groups in total. The van der Waals surface area contributed by atoms with Crippen molar-refractivity contribution in [2.45, 2.75) is 6.42 Å². The minimum atomic E-state index is -0.368. The maximum Gasteiger partial charge on any atom is 0.243 e. The number of benzene rings is 2. The molecular formula is C21H22FN3O2. The van der Waals surface area contributed by atoms with Crippen LogP contribution in [0.15, 0.2) is 60.7 Å². The Labute approximate surface area is 157 Å². The first-order valence-corrected chi connectivity index (χ1v) is 8.89. The number of nitrogens with zero attached hydrogens (tertiary/aromatic N) is 1. The van der Waals surface area contributed by atoms with Crippen LogP contribution >= 0.6 is 0 Å². The summed E-state index contributed by atoms with van der Waals surface area (Å²) in [4.78, 5) is 26.0. The highest BCUT2D eigenvalue weighted by molar-refractivity contribution is 5.94. The summed E-state index contributed by atoms with van der Waals surface area (Å²) in [5.74, 6) is -0.909. The molecule has 1 heterocycles. The van der Waals surface area contributed by atoms with Gasteiger partial charge in [-0.2, -0.15) is 0 Å². The predicted octanol–water partition coefficient (Wildman–Crippen LogP) is 2.67. The van der Waals surface area contributed by atoms with Gasteiger partial charge in [0.25, 0.3) is 0 Å². The van der Waals surface area contributed by atoms with Gasteiger partial charge in [0.05, 0.1) is 13.1 Å². The van der Waals surface area contributed by atoms with Crippen molar-refractivity contribution in [2.75, 3.05) is 31.5 Å². The Morgan fingerprint density at radius 2 is 1.74 bits per heavy atom. The minimum absolute atomic E-state index is 0.116. The van der Waals surface area contributed by atoms with E-state index in [9.17, 15) is 14.0 Å². The maximum atomic E-state index is 12.8. The highest BCUT2D eigenvalue weighted by Gasteiger charge is 2.16. The minimum Gasteiger partial charge on any atom is -0.346 e. The van der Waals surface area contributed by atoms with Crippen molar-refractivity contribution >= 4 is 23.1 Å². The van der Waals surface area contributed by atoms with E-state index in [1.54, 1.807) is 0 Å². The van der Waals surface area contributed by atoms with Gasteiger partial charge >= 0.3 is 0 Å². The molecule has 0 aliphatic carbocycles. The Kier molecular flexibility index (Phi) is 6.33. The van der Waals surface area contributed by atoms with Gasteiger partial charge < -0.3 is 10.6 Å². The number of carbonyl (C=O) groups excluding carboxylic acids is 2. The molecule has 1 aliphatic rings. The molecule has 0 aromatic heterocycles. The zero-order valence-corrected chi connectivity index (χ0v) is 15.0. The van der Waals surface area contributed by atoms with Gasteiger partial charge in [-0.3, -0.25) is 14.5 Å². The Morgan fingerprint density at radius 1 is 1.00 bits per heavy atom. The molecule has 0 radical (unpaired) electrons. The van der Waals surface area contributed by atoms with E-state index in [-0.39, 0.29) is 30.7 Å². The Balaban J connectivity index is 1.40. The number of anilines is 1. The molecule has 0 atom stereocenters. The summed E-state index contributed by atoms with van der Waals surface area (Å²) in [6, 6.07) is 15.7. The van der Waals surface area contributed by atoms with Gasteiger partial charge in [-0.25, -0.2) is 4.39 Å². The molecule has 2 aromatic carbocycles. The lowest BCUT2D eigenvalue weighted by Gasteiger charge is -2.25. The van der Waals surface area contributed by atoms with E-state index in [1.807, 2.05) is 23.1 Å². The SMILES string of the molecule is O=C(CN1CC=C(c2ccccc2)CC1)NCC(=O)Nc1ccc(F)cc1. The summed E-state index contributed by atoms with van der Waals surface area (Å²) in [6.45, 7) is 1.65. The largest absolute Gasteiger partial charge is 0.346 e. The van der Waals surface area contributed by atoms with Gasteiger partial charge in [0.15, 0.2) is 0 Å². The lowest BCUT2D eigenvalue weighted by atomic mass is 10.00. The second-order valence-corrected chi connectivity index (χ2v) is 6.41. The van der Waals surface area contributed by atoms with Crippen LogP contribution in [0.2, 0.25) is 0 Å². The van der Waals surface area contributed by atoms with Crippen molar-refractivity contribution in [1.82, 2.24) is 10.2 Å². The lowest BCUT2D eigenvalue weighted by molar-refractivity contribution is -0.125. The smallest absolute Gasteiger partial charge is 0.243 e. The van der Waals surface area contributed by atoms with Gasteiger partial charge in [-0.05, 0) is 41.8 Å². The molecule has 3 rings (SSSR count). The molecule has 2 aromatic rings. The lowest BCUT2D eigenvalue weighted by Crippen LogP contribution is -2.41. The third-order valence-corrected chi connectivity index (χ3v) is 4.38. The molecule has 6 heteroatoms. The van der Waals surface area contributed by atoms with Crippen molar-refractivity contribution < 1.29 is 14.0 Å². The summed E-state index contributed by atoms with van der Waals surface area (Å²) in [5, 5.41) is 5.23. The monoisotopic (exact) mass is 367 g/mol. The van der Waals surface area contributed by atoms with Crippen LogP contribution in [0, 0.1) is 5.82 Å². The van der Waals surface area contributed by atoms with Crippen molar-refractivity contribution in [3.05, 3.63) is 72.1 Å². The highest BCUT2D eigenvalue weighted by Crippen LogP contribution is 2.21. The summed E-state index contributed by atoms with van der Waals surface area (Å²) in [7, 11) is 0. The van der Waals surface area contributed by atoms with Gasteiger partial charge in [-0.15, -0.1) is 0 Å². The quantitative estimate of drug-likeness (QED) is 0.825. The molecule has 5 nitrogen and oxygen atoms in total. The molecule has 0 spiro atoms. The van der Waals surface area contributed by atoms with Crippen LogP contribution in [0.1, 0.15) is 12.0 Å². The zero-order chi connectivity index (χ0) is 19.1. The van der Waals surface area contributed by atoms with Gasteiger partial charge in [0.1, 0.15) is 5.82 Å². The molecule has 0 unspecified atom stereocenters. The van der Waals surface area contributed by atoms with Crippen LogP contribution in [-0.2, 0) is 9.59 Å². The molecule has 2 amide bonds. The Morgan fingerprint density at radius 3 is 2.41 bits per heavy atom. The summed E-state index contributed by atoms with van der Waals surface area (Å²) in [6.07, 6.45) is 3.04. The Hall–Kier alpha value is -2.99. The number of amides is 2. The molecule has 140 valence electrons. The van der Waals surface area contributed by atoms with Crippen LogP contribution in [0.5, 0.6) is 0 Å². The number of rotatable bonds is 6. The van der Waals surface area contributed by atoms with E-state index in [0.717, 1.165) is 13.0 Å². The van der Waals surface area contributed by atoms with Crippen LogP contribution in [0.3, 0.4) is 0 Å². The Bertz CT molecular complexity index is 819. The predicted molar refractivity (Wildman–Crippen MR) is 104 cm³/mol. The molecule has 0 bridgehead atoms. The molecular weight excluding hydrogens is 345 g/mol. The van der Waals surface area contributed by atoms with Gasteiger partial charge in [0.2, 0.25) is 11.8 Å². The van der Waals surface area contributed by atoms with Crippen LogP contribution in [-0.4, -0.2) is 42.9 Å². The van der Waals surface area contributed by atoms with E-state index < -0.39 is 0 Å². The van der Waals surface area contributed by atoms with E-state index in [1.165, 1.54) is 35.4 Å². The second-order valence-electron chi connectivity index (χ2n) is 6.41. The average Bonchev–Trinajstić information content (AvgIpc) is 2.69. The molecule has 0 saturated heterocycles. The van der Waals surface area contributed by atoms with Crippen molar-refractivity contribution in [2.24, 2.45) is 0 Å². The molecule has 0 saturated carbocycles. The van der Waals surface area contributed by atoms with Gasteiger partial charge in [-0.1, -0.05) is 36.4 Å². The first kappa shape index (κ1) is 18.8. The summed E-state index contributed by atoms with van der Waals surface area (Å²) >= 11 is 0. The van der Waals surface area contributed by atoms with E-state index in [4.69, 9.17) is 0 Å². The van der Waals surface area contributed by atoms with Crippen molar-refractivity contribution in [3.63, 3.8) is 0 Å². The second kappa shape index (κ2) is 9.09. The number of hydrogen-bond donors (Lipinski definition) is 2. The van der Waals surface area contributed by atoms with Crippen molar-refractivity contribution in [1.29, 1.82) is 0 Å². The van der Waals surface area contributed by atoms with Crippen LogP contribution in [0.4, 0.5) is 10.1 Å². The third kappa shape index (κ3) is 5.76. The third-order valence-electron chi connectivity index (χ3n) is 4.38. The summed E-state index contributed by atoms with van der Waals surface area (Å²) < 4.78 is 12.8. The number of carbonyl (C=O) groups is 2. The van der Waals surface area contributed by atoms with Crippen LogP contribution < -0.4 is 10.6 Å². The van der Waals surface area contributed by atoms with Crippen LogP contribution in [0.25, 0.3) is 5.57 Å². The zero-order valence-electron chi connectivity index (χ0n) is 15.0. The average molecular weight is 367 g/mol. The maximum absolute atomic E-state index is 12.8. The van der Waals surface area contributed by atoms with E-state index in [2.05, 4.69) is 28.8 Å². The molecule has 1 aliphatic heterocycles. The fourth-order valence-corrected chi connectivity index (χ4v) is 2.95. The molecule has 0 fully saturated rings. The number of nitrogens with one attached hydrogen (secondary N) is 2. The first-order valence-electron chi connectivity index (χ1n) is 8.89. The van der Waals surface area contributed by atoms with E-state index in [0.29, 0.717) is 12.2 Å². The standard InChI is InChI=1S/C21H22FN3O2/c22-18-6-8-19(9-7-18)24-20(26)14-23-21(27)15-25-12-10-17(11-13-25)16-4-2-1-3-5-16/h1-10H,11-15H2,(H,23,27)(H,24,26). The fourth-order valence-electron chi connectivity index (χ4n) is 2.95. The van der Waals surface area contributed by atoms with Gasteiger partial charge in [0, 0.05) is 18.8 Å². The highest BCUT2D eigenvalue weighted by atomic mass is 19.1. The number of hydrogen-bond acceptors (Lipinski definition) is 3. The summed E-state index contributed by atoms with van der Waals surface area (Å²) in [5.41, 5.74) is 3.01. The number of halogens is 1. The first-order chi connectivity index (χ1) is 13.1. The fraction of sp³-hybridized carbons (Fsp3) is 0.238. The molecule has 27 heavy (non-hydrogen) atoms. The topological polar surface area (TPSA) is 61.4 Å².